The third-order valence-electron chi connectivity index (χ3n) is 5.40. The molecule has 0 amide bonds. The second-order valence-corrected chi connectivity index (χ2v) is 7.51. The van der Waals surface area contributed by atoms with E-state index in [0.717, 1.165) is 44.4 Å². The summed E-state index contributed by atoms with van der Waals surface area (Å²) in [6.45, 7) is 3.89. The maximum absolute atomic E-state index is 9.86. The highest BCUT2D eigenvalue weighted by Crippen LogP contribution is 2.34. The van der Waals surface area contributed by atoms with Crippen molar-refractivity contribution in [3.8, 4) is 29.2 Å². The molecule has 5 rings (SSSR count). The topological polar surface area (TPSA) is 78.3 Å². The van der Waals surface area contributed by atoms with Gasteiger partial charge in [0.2, 0.25) is 0 Å². The number of aromatic nitrogens is 3. The molecule has 0 bridgehead atoms. The van der Waals surface area contributed by atoms with Crippen LogP contribution in [-0.4, -0.2) is 14.5 Å². The van der Waals surface area contributed by atoms with Gasteiger partial charge in [0.1, 0.15) is 6.07 Å². The molecule has 5 nitrogen and oxygen atoms in total. The predicted octanol–water partition coefficient (Wildman–Crippen LogP) is 5.60. The van der Waals surface area contributed by atoms with Gasteiger partial charge in [0, 0.05) is 27.7 Å². The van der Waals surface area contributed by atoms with Crippen LogP contribution in [0.5, 0.6) is 0 Å². The van der Waals surface area contributed by atoms with Crippen LogP contribution in [0.4, 0.5) is 0 Å². The summed E-state index contributed by atoms with van der Waals surface area (Å²) in [6.07, 6.45) is 0. The Hall–Kier alpha value is -4.48. The molecule has 0 unspecified atom stereocenters. The van der Waals surface area contributed by atoms with E-state index in [2.05, 4.69) is 32.7 Å². The van der Waals surface area contributed by atoms with Crippen molar-refractivity contribution in [3.63, 3.8) is 0 Å². The highest BCUT2D eigenvalue weighted by atomic mass is 15.0. The molecular weight excluding hydrogens is 382 g/mol. The largest absolute Gasteiger partial charge is 0.308 e. The lowest BCUT2D eigenvalue weighted by molar-refractivity contribution is 1.06. The minimum Gasteiger partial charge on any atom is -0.308 e. The number of nitriles is 2. The van der Waals surface area contributed by atoms with Gasteiger partial charge in [0.25, 0.3) is 0 Å². The molecule has 0 N–H and O–H groups in total. The van der Waals surface area contributed by atoms with E-state index in [4.69, 9.17) is 0 Å². The van der Waals surface area contributed by atoms with Gasteiger partial charge in [-0.2, -0.15) is 10.5 Å². The van der Waals surface area contributed by atoms with Crippen LogP contribution in [0.15, 0.2) is 66.7 Å². The third-order valence-corrected chi connectivity index (χ3v) is 5.40. The Morgan fingerprint density at radius 2 is 1.48 bits per heavy atom. The lowest BCUT2D eigenvalue weighted by Gasteiger charge is -2.12. The number of hydrogen-bond donors (Lipinski definition) is 0. The fourth-order valence-electron chi connectivity index (χ4n) is 4.10. The zero-order valence-electron chi connectivity index (χ0n) is 17.1. The molecule has 146 valence electrons. The summed E-state index contributed by atoms with van der Waals surface area (Å²) in [4.78, 5) is 9.18. The number of nitrogens with zero attached hydrogens (tertiary/aromatic N) is 5. The smallest absolute Gasteiger partial charge is 0.159 e. The van der Waals surface area contributed by atoms with E-state index < -0.39 is 0 Å². The summed E-state index contributed by atoms with van der Waals surface area (Å²) in [5.74, 6) is 0.627. The Morgan fingerprint density at radius 1 is 0.742 bits per heavy atom. The van der Waals surface area contributed by atoms with E-state index in [1.54, 1.807) is 6.07 Å². The van der Waals surface area contributed by atoms with E-state index in [9.17, 15) is 10.5 Å². The van der Waals surface area contributed by atoms with Crippen molar-refractivity contribution in [1.29, 1.82) is 10.5 Å². The number of fused-ring (bicyclic) bond motifs is 3. The highest BCUT2D eigenvalue weighted by molar-refractivity contribution is 6.09. The summed E-state index contributed by atoms with van der Waals surface area (Å²) >= 11 is 0. The van der Waals surface area contributed by atoms with Crippen LogP contribution in [0.1, 0.15) is 22.5 Å². The third kappa shape index (κ3) is 3.01. The molecule has 0 spiro atoms. The van der Waals surface area contributed by atoms with Crippen molar-refractivity contribution in [2.75, 3.05) is 0 Å². The van der Waals surface area contributed by atoms with Crippen LogP contribution in [0, 0.1) is 36.5 Å². The van der Waals surface area contributed by atoms with Crippen molar-refractivity contribution in [2.45, 2.75) is 13.8 Å². The molecule has 5 heteroatoms. The van der Waals surface area contributed by atoms with Gasteiger partial charge in [0.05, 0.1) is 33.9 Å². The number of rotatable bonds is 2. The molecule has 5 aromatic rings. The summed E-state index contributed by atoms with van der Waals surface area (Å²) in [5.41, 5.74) is 6.33. The maximum Gasteiger partial charge on any atom is 0.159 e. The quantitative estimate of drug-likeness (QED) is 0.387. The Labute approximate surface area is 179 Å². The summed E-state index contributed by atoms with van der Waals surface area (Å²) < 4.78 is 2.05. The van der Waals surface area contributed by atoms with Crippen molar-refractivity contribution in [1.82, 2.24) is 14.5 Å². The highest BCUT2D eigenvalue weighted by Gasteiger charge is 2.17. The van der Waals surface area contributed by atoms with Crippen molar-refractivity contribution in [3.05, 3.63) is 89.2 Å². The van der Waals surface area contributed by atoms with E-state index >= 15 is 0 Å². The molecule has 0 saturated carbocycles. The van der Waals surface area contributed by atoms with E-state index in [-0.39, 0.29) is 0 Å². The summed E-state index contributed by atoms with van der Waals surface area (Å²) in [7, 11) is 0. The molecule has 0 aliphatic carbocycles. The van der Waals surface area contributed by atoms with Crippen LogP contribution in [0.25, 0.3) is 38.9 Å². The molecule has 31 heavy (non-hydrogen) atoms. The van der Waals surface area contributed by atoms with Crippen LogP contribution in [0.2, 0.25) is 0 Å². The first-order valence-corrected chi connectivity index (χ1v) is 9.89. The maximum atomic E-state index is 9.86. The first-order chi connectivity index (χ1) is 15.1. The lowest BCUT2D eigenvalue weighted by Crippen LogP contribution is -2.00. The van der Waals surface area contributed by atoms with Crippen molar-refractivity contribution >= 4 is 21.8 Å². The van der Waals surface area contributed by atoms with Gasteiger partial charge in [-0.1, -0.05) is 24.3 Å². The molecule has 0 fully saturated rings. The molecule has 0 radical (unpaired) electrons. The standard InChI is InChI=1S/C26H17N5/c1-16-11-17(2)30-26(29-16)19-8-9-20(15-28)24(13-19)31-23-6-4-3-5-21(23)22-10-7-18(14-27)12-25(22)31/h3-13H,1-2H3. The molecule has 3 aromatic carbocycles. The van der Waals surface area contributed by atoms with Gasteiger partial charge in [-0.05, 0) is 56.3 Å². The summed E-state index contributed by atoms with van der Waals surface area (Å²) in [6, 6.07) is 25.8. The second-order valence-electron chi connectivity index (χ2n) is 7.51. The Bertz CT molecular complexity index is 1560. The molecule has 0 aliphatic rings. The van der Waals surface area contributed by atoms with E-state index in [1.165, 1.54) is 0 Å². The van der Waals surface area contributed by atoms with Crippen molar-refractivity contribution < 1.29 is 0 Å². The van der Waals surface area contributed by atoms with Crippen LogP contribution >= 0.6 is 0 Å². The number of hydrogen-bond acceptors (Lipinski definition) is 4. The molecule has 2 heterocycles. The molecule has 2 aromatic heterocycles. The SMILES string of the molecule is Cc1cc(C)nc(-c2ccc(C#N)c(-n3c4ccccc4c4ccc(C#N)cc43)c2)n1. The average Bonchev–Trinajstić information content (AvgIpc) is 3.11. The zero-order valence-corrected chi connectivity index (χ0v) is 17.1. The Morgan fingerprint density at radius 3 is 2.23 bits per heavy atom. The van der Waals surface area contributed by atoms with E-state index in [1.807, 2.05) is 68.4 Å². The zero-order chi connectivity index (χ0) is 21.5. The minimum absolute atomic E-state index is 0.540. The fraction of sp³-hybridized carbons (Fsp3) is 0.0769. The Balaban J connectivity index is 1.88. The van der Waals surface area contributed by atoms with Gasteiger partial charge < -0.3 is 4.57 Å². The molecule has 0 atom stereocenters. The van der Waals surface area contributed by atoms with Gasteiger partial charge in [-0.15, -0.1) is 0 Å². The van der Waals surface area contributed by atoms with Gasteiger partial charge >= 0.3 is 0 Å². The molecular formula is C26H17N5. The first kappa shape index (κ1) is 18.5. The lowest BCUT2D eigenvalue weighted by atomic mass is 10.1. The van der Waals surface area contributed by atoms with Gasteiger partial charge in [-0.3, -0.25) is 0 Å². The van der Waals surface area contributed by atoms with E-state index in [0.29, 0.717) is 17.0 Å². The monoisotopic (exact) mass is 399 g/mol. The van der Waals surface area contributed by atoms with Crippen LogP contribution in [-0.2, 0) is 0 Å². The number of para-hydroxylation sites is 1. The summed E-state index contributed by atoms with van der Waals surface area (Å²) in [5, 5.41) is 21.4. The average molecular weight is 399 g/mol. The molecule has 0 saturated heterocycles. The van der Waals surface area contributed by atoms with Crippen LogP contribution in [0.3, 0.4) is 0 Å². The van der Waals surface area contributed by atoms with Gasteiger partial charge in [-0.25, -0.2) is 9.97 Å². The van der Waals surface area contributed by atoms with Crippen molar-refractivity contribution in [2.24, 2.45) is 0 Å². The molecule has 0 aliphatic heterocycles. The number of benzene rings is 3. The fourth-order valence-corrected chi connectivity index (χ4v) is 4.10. The number of aryl methyl sites for hydroxylation is 2. The minimum atomic E-state index is 0.540. The van der Waals surface area contributed by atoms with Crippen LogP contribution < -0.4 is 0 Å². The predicted molar refractivity (Wildman–Crippen MR) is 121 cm³/mol. The van der Waals surface area contributed by atoms with Gasteiger partial charge in [0.15, 0.2) is 5.82 Å². The second kappa shape index (κ2) is 7.09. The Kier molecular flexibility index (Phi) is 4.24. The first-order valence-electron chi connectivity index (χ1n) is 9.89. The normalized spacial score (nSPS) is 10.8.